The predicted molar refractivity (Wildman–Crippen MR) is 57.3 cm³/mol. The van der Waals surface area contributed by atoms with Gasteiger partial charge in [0.25, 0.3) is 0 Å². The van der Waals surface area contributed by atoms with Gasteiger partial charge < -0.3 is 5.73 Å². The molecule has 1 atom stereocenters. The van der Waals surface area contributed by atoms with Crippen molar-refractivity contribution in [1.82, 2.24) is 0 Å². The smallest absolute Gasteiger partial charge is 0.236 e. The fourth-order valence-electron chi connectivity index (χ4n) is 1.03. The lowest BCUT2D eigenvalue weighted by atomic mass is 10.3. The van der Waals surface area contributed by atoms with Crippen LogP contribution in [-0.2, 0) is 10.0 Å². The molecule has 0 heterocycles. The Kier molecular flexibility index (Phi) is 4.17. The Balaban J connectivity index is 3.28. The molecule has 4 nitrogen and oxygen atoms in total. The minimum absolute atomic E-state index is 0.0190. The number of rotatable bonds is 4. The summed E-state index contributed by atoms with van der Waals surface area (Å²) in [6.07, 6.45) is 0. The average molecular weight is 286 g/mol. The molecule has 1 rings (SSSR count). The number of nitrogens with one attached hydrogen (secondary N) is 1. The van der Waals surface area contributed by atoms with Crippen molar-refractivity contribution in [1.29, 1.82) is 0 Å². The van der Waals surface area contributed by atoms with Crippen LogP contribution in [0.15, 0.2) is 6.07 Å². The molecule has 0 amide bonds. The third-order valence-corrected chi connectivity index (χ3v) is 3.96. The van der Waals surface area contributed by atoms with E-state index in [4.69, 9.17) is 5.73 Å². The van der Waals surface area contributed by atoms with E-state index in [1.54, 1.807) is 0 Å². The topological polar surface area (TPSA) is 72.2 Å². The summed E-state index contributed by atoms with van der Waals surface area (Å²) in [4.78, 5) is 0. The maximum atomic E-state index is 13.2. The van der Waals surface area contributed by atoms with Gasteiger partial charge in [-0.3, -0.25) is 4.72 Å². The molecule has 0 saturated heterocycles. The van der Waals surface area contributed by atoms with Crippen molar-refractivity contribution in [2.45, 2.75) is 12.2 Å². The number of sulfonamides is 1. The predicted octanol–water partition coefficient (Wildman–Crippen LogP) is 1.33. The Morgan fingerprint density at radius 1 is 1.22 bits per heavy atom. The van der Waals surface area contributed by atoms with Crippen LogP contribution in [0.5, 0.6) is 0 Å². The van der Waals surface area contributed by atoms with E-state index >= 15 is 0 Å². The molecule has 3 N–H and O–H groups in total. The van der Waals surface area contributed by atoms with Crippen molar-refractivity contribution in [2.24, 2.45) is 5.73 Å². The van der Waals surface area contributed by atoms with Gasteiger partial charge in [0.1, 0.15) is 5.69 Å². The molecule has 0 aliphatic rings. The molecule has 0 saturated carbocycles. The third kappa shape index (κ3) is 2.72. The van der Waals surface area contributed by atoms with Crippen molar-refractivity contribution in [3.63, 3.8) is 0 Å². The molecule has 1 unspecified atom stereocenters. The summed E-state index contributed by atoms with van der Waals surface area (Å²) in [5, 5.41) is -1.18. The maximum absolute atomic E-state index is 13.2. The van der Waals surface area contributed by atoms with Gasteiger partial charge in [0.2, 0.25) is 10.0 Å². The van der Waals surface area contributed by atoms with E-state index in [2.05, 4.69) is 0 Å². The Morgan fingerprint density at radius 3 is 2.06 bits per heavy atom. The number of anilines is 1. The first-order chi connectivity index (χ1) is 8.20. The number of halogens is 4. The Bertz CT molecular complexity index is 536. The van der Waals surface area contributed by atoms with Crippen molar-refractivity contribution in [3.8, 4) is 0 Å². The molecule has 0 fully saturated rings. The fourth-order valence-corrected chi connectivity index (χ4v) is 1.95. The van der Waals surface area contributed by atoms with Crippen molar-refractivity contribution in [2.75, 3.05) is 11.3 Å². The monoisotopic (exact) mass is 286 g/mol. The van der Waals surface area contributed by atoms with Gasteiger partial charge in [0, 0.05) is 12.6 Å². The Labute approximate surface area is 101 Å². The first kappa shape index (κ1) is 14.7. The number of hydrogen-bond donors (Lipinski definition) is 2. The van der Waals surface area contributed by atoms with Crippen LogP contribution in [0.1, 0.15) is 6.92 Å². The second kappa shape index (κ2) is 5.11. The summed E-state index contributed by atoms with van der Waals surface area (Å²) in [6.45, 7) is 0.851. The minimum atomic E-state index is -4.23. The molecular formula is C9H10F4N2O2S. The van der Waals surface area contributed by atoms with Gasteiger partial charge >= 0.3 is 0 Å². The first-order valence-corrected chi connectivity index (χ1v) is 6.30. The summed E-state index contributed by atoms with van der Waals surface area (Å²) in [5.74, 6) is -7.04. The van der Waals surface area contributed by atoms with E-state index in [1.807, 2.05) is 0 Å². The molecule has 102 valence electrons. The summed E-state index contributed by atoms with van der Waals surface area (Å²) in [7, 11) is -4.23. The Morgan fingerprint density at radius 2 is 1.67 bits per heavy atom. The quantitative estimate of drug-likeness (QED) is 0.648. The van der Waals surface area contributed by atoms with Gasteiger partial charge in [-0.15, -0.1) is 0 Å². The van der Waals surface area contributed by atoms with E-state index in [-0.39, 0.29) is 12.6 Å². The second-order valence-electron chi connectivity index (χ2n) is 3.54. The largest absolute Gasteiger partial charge is 0.329 e. The van der Waals surface area contributed by atoms with Crippen LogP contribution >= 0.6 is 0 Å². The summed E-state index contributed by atoms with van der Waals surface area (Å²) >= 11 is 0. The zero-order valence-electron chi connectivity index (χ0n) is 9.18. The SMILES string of the molecule is CC(CN)S(=O)(=O)Nc1c(F)c(F)cc(F)c1F. The van der Waals surface area contributed by atoms with Crippen molar-refractivity contribution < 1.29 is 26.0 Å². The van der Waals surface area contributed by atoms with Crippen LogP contribution in [-0.4, -0.2) is 20.2 Å². The molecule has 0 radical (unpaired) electrons. The Hall–Kier alpha value is -1.35. The number of benzene rings is 1. The van der Waals surface area contributed by atoms with Crippen LogP contribution in [0.25, 0.3) is 0 Å². The molecule has 0 aliphatic heterocycles. The van der Waals surface area contributed by atoms with Gasteiger partial charge in [0.15, 0.2) is 23.3 Å². The van der Waals surface area contributed by atoms with Crippen LogP contribution < -0.4 is 10.5 Å². The molecule has 0 bridgehead atoms. The van der Waals surface area contributed by atoms with E-state index in [1.165, 1.54) is 11.6 Å². The van der Waals surface area contributed by atoms with Gasteiger partial charge in [-0.25, -0.2) is 26.0 Å². The molecule has 1 aromatic carbocycles. The fraction of sp³-hybridized carbons (Fsp3) is 0.333. The van der Waals surface area contributed by atoms with Crippen molar-refractivity contribution in [3.05, 3.63) is 29.3 Å². The number of nitrogens with two attached hydrogens (primary N) is 1. The highest BCUT2D eigenvalue weighted by Crippen LogP contribution is 2.25. The van der Waals surface area contributed by atoms with Crippen LogP contribution in [0.2, 0.25) is 0 Å². The van der Waals surface area contributed by atoms with Crippen LogP contribution in [0.3, 0.4) is 0 Å². The number of hydrogen-bond acceptors (Lipinski definition) is 3. The summed E-state index contributed by atoms with van der Waals surface area (Å²) in [5.41, 5.74) is 3.70. The standard InChI is InChI=1S/C9H10F4N2O2S/c1-4(3-14)18(16,17)15-9-7(12)5(10)2-6(11)8(9)13/h2,4,15H,3,14H2,1H3. The highest BCUT2D eigenvalue weighted by molar-refractivity contribution is 7.93. The van der Waals surface area contributed by atoms with E-state index < -0.39 is 44.2 Å². The van der Waals surface area contributed by atoms with Crippen LogP contribution in [0.4, 0.5) is 23.2 Å². The molecule has 0 aliphatic carbocycles. The maximum Gasteiger partial charge on any atom is 0.236 e. The van der Waals surface area contributed by atoms with E-state index in [0.29, 0.717) is 0 Å². The van der Waals surface area contributed by atoms with Gasteiger partial charge in [-0.05, 0) is 6.92 Å². The average Bonchev–Trinajstić information content (AvgIpc) is 2.31. The van der Waals surface area contributed by atoms with Crippen molar-refractivity contribution >= 4 is 15.7 Å². The first-order valence-electron chi connectivity index (χ1n) is 4.75. The lowest BCUT2D eigenvalue weighted by Gasteiger charge is -2.14. The zero-order chi connectivity index (χ0) is 14.1. The molecule has 1 aromatic rings. The van der Waals surface area contributed by atoms with Gasteiger partial charge in [-0.1, -0.05) is 0 Å². The lowest BCUT2D eigenvalue weighted by Crippen LogP contribution is -2.32. The third-order valence-electron chi connectivity index (χ3n) is 2.22. The van der Waals surface area contributed by atoms with Gasteiger partial charge in [0.05, 0.1) is 5.25 Å². The molecule has 9 heteroatoms. The molecule has 18 heavy (non-hydrogen) atoms. The zero-order valence-corrected chi connectivity index (χ0v) is 9.99. The normalized spacial score (nSPS) is 13.4. The lowest BCUT2D eigenvalue weighted by molar-refractivity contribution is 0.459. The van der Waals surface area contributed by atoms with E-state index in [9.17, 15) is 26.0 Å². The highest BCUT2D eigenvalue weighted by Gasteiger charge is 2.26. The highest BCUT2D eigenvalue weighted by atomic mass is 32.2. The molecular weight excluding hydrogens is 276 g/mol. The van der Waals surface area contributed by atoms with Gasteiger partial charge in [-0.2, -0.15) is 0 Å². The van der Waals surface area contributed by atoms with E-state index in [0.717, 1.165) is 0 Å². The second-order valence-corrected chi connectivity index (χ2v) is 5.64. The summed E-state index contributed by atoms with van der Waals surface area (Å²) in [6, 6.07) is -0.0190. The van der Waals surface area contributed by atoms with Crippen LogP contribution in [0, 0.1) is 23.3 Å². The summed E-state index contributed by atoms with van der Waals surface area (Å²) < 4.78 is 76.5. The molecule has 0 spiro atoms. The molecule has 0 aromatic heterocycles. The minimum Gasteiger partial charge on any atom is -0.329 e.